The maximum atomic E-state index is 10.0. The molecule has 0 spiro atoms. The molecule has 1 N–H and O–H groups in total. The van der Waals surface area contributed by atoms with E-state index in [0.717, 1.165) is 38.0 Å². The smallest absolute Gasteiger partial charge is 0.121 e. The number of allylic oxidation sites excluding steroid dienone is 1. The Bertz CT molecular complexity index is 238. The fraction of sp³-hybridized carbons (Fsp3) is 0.833. The van der Waals surface area contributed by atoms with Gasteiger partial charge in [0.2, 0.25) is 0 Å². The van der Waals surface area contributed by atoms with Crippen molar-refractivity contribution < 1.29 is 14.6 Å². The Balaban J connectivity index is 1.90. The van der Waals surface area contributed by atoms with Gasteiger partial charge in [0.05, 0.1) is 12.2 Å². The van der Waals surface area contributed by atoms with Gasteiger partial charge in [0.15, 0.2) is 0 Å². The first-order valence-corrected chi connectivity index (χ1v) is 5.82. The number of hydrogen-bond donors (Lipinski definition) is 1. The number of hydrogen-bond acceptors (Lipinski definition) is 3. The Labute approximate surface area is 91.1 Å². The number of methoxy groups -OCH3 is 1. The van der Waals surface area contributed by atoms with Crippen LogP contribution < -0.4 is 0 Å². The lowest BCUT2D eigenvalue weighted by Crippen LogP contribution is -2.42. The molecule has 3 heteroatoms. The van der Waals surface area contributed by atoms with Crippen molar-refractivity contribution in [2.24, 2.45) is 0 Å². The van der Waals surface area contributed by atoms with Crippen LogP contribution in [0, 0.1) is 0 Å². The minimum atomic E-state index is -0.481. The van der Waals surface area contributed by atoms with Crippen molar-refractivity contribution in [3.63, 3.8) is 0 Å². The van der Waals surface area contributed by atoms with E-state index in [4.69, 9.17) is 9.47 Å². The normalized spacial score (nSPS) is 26.1. The van der Waals surface area contributed by atoms with Crippen LogP contribution in [0.5, 0.6) is 0 Å². The third kappa shape index (κ3) is 2.34. The van der Waals surface area contributed by atoms with Gasteiger partial charge < -0.3 is 14.6 Å². The van der Waals surface area contributed by atoms with Crippen LogP contribution in [0.15, 0.2) is 11.8 Å². The molecule has 0 bridgehead atoms. The van der Waals surface area contributed by atoms with E-state index < -0.39 is 6.10 Å². The Morgan fingerprint density at radius 2 is 2.33 bits per heavy atom. The van der Waals surface area contributed by atoms with Crippen LogP contribution in [0.2, 0.25) is 0 Å². The van der Waals surface area contributed by atoms with E-state index in [0.29, 0.717) is 6.42 Å². The van der Waals surface area contributed by atoms with Gasteiger partial charge in [-0.05, 0) is 38.2 Å². The Hall–Kier alpha value is -0.540. The standard InChI is InChI=1S/C12H20O3/c1-14-12(6-4-7-12)9-10(13)11-5-2-3-8-15-11/h5,10,13H,2-4,6-9H2,1H3. The second-order valence-corrected chi connectivity index (χ2v) is 4.56. The highest BCUT2D eigenvalue weighted by atomic mass is 16.5. The summed E-state index contributed by atoms with van der Waals surface area (Å²) in [5.74, 6) is 0.754. The molecular weight excluding hydrogens is 192 g/mol. The average molecular weight is 212 g/mol. The molecule has 1 atom stereocenters. The first kappa shape index (κ1) is 11.0. The van der Waals surface area contributed by atoms with Gasteiger partial charge in [-0.2, -0.15) is 0 Å². The highest BCUT2D eigenvalue weighted by Gasteiger charge is 2.39. The summed E-state index contributed by atoms with van der Waals surface area (Å²) in [5.41, 5.74) is -0.0823. The lowest BCUT2D eigenvalue weighted by Gasteiger charge is -2.42. The molecule has 86 valence electrons. The number of rotatable bonds is 4. The van der Waals surface area contributed by atoms with Crippen molar-refractivity contribution in [1.29, 1.82) is 0 Å². The van der Waals surface area contributed by atoms with Crippen LogP contribution in [0.25, 0.3) is 0 Å². The zero-order valence-corrected chi connectivity index (χ0v) is 9.37. The summed E-state index contributed by atoms with van der Waals surface area (Å²) >= 11 is 0. The molecule has 0 radical (unpaired) electrons. The van der Waals surface area contributed by atoms with Crippen LogP contribution in [0.3, 0.4) is 0 Å². The summed E-state index contributed by atoms with van der Waals surface area (Å²) in [6, 6.07) is 0. The second kappa shape index (κ2) is 4.54. The number of ether oxygens (including phenoxy) is 2. The van der Waals surface area contributed by atoms with Gasteiger partial charge in [-0.3, -0.25) is 0 Å². The van der Waals surface area contributed by atoms with Gasteiger partial charge in [0, 0.05) is 13.5 Å². The fourth-order valence-corrected chi connectivity index (χ4v) is 2.32. The van der Waals surface area contributed by atoms with Gasteiger partial charge in [-0.1, -0.05) is 0 Å². The monoisotopic (exact) mass is 212 g/mol. The van der Waals surface area contributed by atoms with E-state index in [2.05, 4.69) is 0 Å². The van der Waals surface area contributed by atoms with Crippen LogP contribution in [-0.2, 0) is 9.47 Å². The van der Waals surface area contributed by atoms with E-state index in [-0.39, 0.29) is 5.60 Å². The molecule has 2 rings (SSSR count). The molecule has 1 aliphatic carbocycles. The molecule has 1 saturated carbocycles. The van der Waals surface area contributed by atoms with Crippen molar-refractivity contribution >= 4 is 0 Å². The number of aliphatic hydroxyl groups is 1. The van der Waals surface area contributed by atoms with E-state index in [9.17, 15) is 5.11 Å². The maximum Gasteiger partial charge on any atom is 0.121 e. The Morgan fingerprint density at radius 1 is 1.53 bits per heavy atom. The van der Waals surface area contributed by atoms with E-state index in [1.54, 1.807) is 7.11 Å². The molecule has 0 aromatic heterocycles. The molecular formula is C12H20O3. The molecule has 15 heavy (non-hydrogen) atoms. The molecule has 0 amide bonds. The van der Waals surface area contributed by atoms with E-state index in [1.165, 1.54) is 6.42 Å². The minimum Gasteiger partial charge on any atom is -0.496 e. The van der Waals surface area contributed by atoms with Crippen LogP contribution in [-0.4, -0.2) is 30.5 Å². The van der Waals surface area contributed by atoms with Gasteiger partial charge in [-0.25, -0.2) is 0 Å². The molecule has 1 aliphatic heterocycles. The van der Waals surface area contributed by atoms with E-state index >= 15 is 0 Å². The molecule has 0 saturated heterocycles. The highest BCUT2D eigenvalue weighted by molar-refractivity contribution is 5.06. The molecule has 0 aromatic carbocycles. The lowest BCUT2D eigenvalue weighted by atomic mass is 9.76. The SMILES string of the molecule is COC1(CC(O)C2=CCCCO2)CCC1. The van der Waals surface area contributed by atoms with E-state index in [1.807, 2.05) is 6.08 Å². The van der Waals surface area contributed by atoms with Gasteiger partial charge in [0.25, 0.3) is 0 Å². The summed E-state index contributed by atoms with van der Waals surface area (Å²) in [6.45, 7) is 0.739. The lowest BCUT2D eigenvalue weighted by molar-refractivity contribution is -0.100. The van der Waals surface area contributed by atoms with Gasteiger partial charge in [-0.15, -0.1) is 0 Å². The van der Waals surface area contributed by atoms with Gasteiger partial charge in [0.1, 0.15) is 11.9 Å². The average Bonchev–Trinajstić information content (AvgIpc) is 2.24. The zero-order chi connectivity index (χ0) is 10.7. The molecule has 1 fully saturated rings. The third-order valence-electron chi connectivity index (χ3n) is 3.55. The predicted molar refractivity (Wildman–Crippen MR) is 57.5 cm³/mol. The molecule has 2 aliphatic rings. The molecule has 1 heterocycles. The fourth-order valence-electron chi connectivity index (χ4n) is 2.32. The largest absolute Gasteiger partial charge is 0.496 e. The zero-order valence-electron chi connectivity index (χ0n) is 9.37. The van der Waals surface area contributed by atoms with Crippen LogP contribution in [0.1, 0.15) is 38.5 Å². The van der Waals surface area contributed by atoms with Crippen molar-refractivity contribution in [3.8, 4) is 0 Å². The van der Waals surface area contributed by atoms with Crippen LogP contribution in [0.4, 0.5) is 0 Å². The highest BCUT2D eigenvalue weighted by Crippen LogP contribution is 2.40. The first-order chi connectivity index (χ1) is 7.26. The summed E-state index contributed by atoms with van der Waals surface area (Å²) in [4.78, 5) is 0. The van der Waals surface area contributed by atoms with Crippen LogP contribution >= 0.6 is 0 Å². The second-order valence-electron chi connectivity index (χ2n) is 4.56. The Kier molecular flexibility index (Phi) is 3.32. The topological polar surface area (TPSA) is 38.7 Å². The molecule has 3 nitrogen and oxygen atoms in total. The van der Waals surface area contributed by atoms with Crippen molar-refractivity contribution in [2.45, 2.75) is 50.2 Å². The third-order valence-corrected chi connectivity index (χ3v) is 3.55. The first-order valence-electron chi connectivity index (χ1n) is 5.82. The predicted octanol–water partition coefficient (Wildman–Crippen LogP) is 2.00. The van der Waals surface area contributed by atoms with Crippen molar-refractivity contribution in [2.75, 3.05) is 13.7 Å². The summed E-state index contributed by atoms with van der Waals surface area (Å²) in [5, 5.41) is 10.0. The van der Waals surface area contributed by atoms with Crippen molar-refractivity contribution in [3.05, 3.63) is 11.8 Å². The van der Waals surface area contributed by atoms with Gasteiger partial charge >= 0.3 is 0 Å². The van der Waals surface area contributed by atoms with Crippen molar-refractivity contribution in [1.82, 2.24) is 0 Å². The Morgan fingerprint density at radius 3 is 2.80 bits per heavy atom. The molecule has 0 aromatic rings. The summed E-state index contributed by atoms with van der Waals surface area (Å²) in [7, 11) is 1.74. The molecule has 1 unspecified atom stereocenters. The quantitative estimate of drug-likeness (QED) is 0.774. The summed E-state index contributed by atoms with van der Waals surface area (Å²) in [6.07, 6.45) is 7.62. The summed E-state index contributed by atoms with van der Waals surface area (Å²) < 4.78 is 10.9. The minimum absolute atomic E-state index is 0.0823. The number of aliphatic hydroxyl groups excluding tert-OH is 1. The maximum absolute atomic E-state index is 10.0.